The average molecular weight is 314 g/mol. The van der Waals surface area contributed by atoms with Crippen LogP contribution < -0.4 is 9.47 Å². The minimum atomic E-state index is -0.331. The van der Waals surface area contributed by atoms with E-state index in [4.69, 9.17) is 9.47 Å². The summed E-state index contributed by atoms with van der Waals surface area (Å²) in [6.45, 7) is 2.97. The van der Waals surface area contributed by atoms with Gasteiger partial charge in [0.05, 0.1) is 13.2 Å². The number of aldehydes is 1. The van der Waals surface area contributed by atoms with Gasteiger partial charge in [-0.2, -0.15) is 0 Å². The second-order valence-corrected chi connectivity index (χ2v) is 5.70. The molecule has 0 saturated heterocycles. The van der Waals surface area contributed by atoms with E-state index in [0.717, 1.165) is 17.4 Å². The summed E-state index contributed by atoms with van der Waals surface area (Å²) in [6.07, 6.45) is 3.12. The van der Waals surface area contributed by atoms with E-state index in [1.54, 1.807) is 18.2 Å². The molecule has 1 aliphatic rings. The van der Waals surface area contributed by atoms with Crippen LogP contribution in [0.5, 0.6) is 11.5 Å². The Balaban J connectivity index is 2.00. The van der Waals surface area contributed by atoms with Crippen LogP contribution in [-0.2, 0) is 0 Å². The average Bonchev–Trinajstić information content (AvgIpc) is 3.38. The van der Waals surface area contributed by atoms with Crippen LogP contribution in [0.1, 0.15) is 30.1 Å². The van der Waals surface area contributed by atoms with Crippen molar-refractivity contribution in [2.45, 2.75) is 19.8 Å². The van der Waals surface area contributed by atoms with Gasteiger partial charge >= 0.3 is 0 Å². The summed E-state index contributed by atoms with van der Waals surface area (Å²) in [5, 5.41) is 0. The normalized spacial score (nSPS) is 13.7. The molecule has 0 aromatic heterocycles. The largest absolute Gasteiger partial charge is 0.493 e. The lowest BCUT2D eigenvalue weighted by Crippen LogP contribution is -2.02. The predicted octanol–water partition coefficient (Wildman–Crippen LogP) is 4.49. The highest BCUT2D eigenvalue weighted by atomic mass is 19.1. The molecule has 1 aliphatic carbocycles. The van der Waals surface area contributed by atoms with E-state index < -0.39 is 0 Å². The zero-order valence-corrected chi connectivity index (χ0v) is 13.0. The first kappa shape index (κ1) is 15.5. The number of carbonyl (C=O) groups excluding carboxylic acids is 1. The molecule has 0 aliphatic heterocycles. The molecule has 0 bridgehead atoms. The Morgan fingerprint density at radius 1 is 1.09 bits per heavy atom. The lowest BCUT2D eigenvalue weighted by Gasteiger charge is -2.15. The van der Waals surface area contributed by atoms with Crippen molar-refractivity contribution < 1.29 is 18.7 Å². The molecular formula is C19H19FO3. The quantitative estimate of drug-likeness (QED) is 0.706. The van der Waals surface area contributed by atoms with Crippen molar-refractivity contribution in [3.63, 3.8) is 0 Å². The van der Waals surface area contributed by atoms with Crippen molar-refractivity contribution in [1.29, 1.82) is 0 Å². The summed E-state index contributed by atoms with van der Waals surface area (Å²) in [5.74, 6) is 1.36. The van der Waals surface area contributed by atoms with E-state index in [9.17, 15) is 9.18 Å². The third kappa shape index (κ3) is 3.70. The molecule has 120 valence electrons. The van der Waals surface area contributed by atoms with Crippen molar-refractivity contribution >= 4 is 6.29 Å². The van der Waals surface area contributed by atoms with Crippen molar-refractivity contribution in [3.05, 3.63) is 47.8 Å². The van der Waals surface area contributed by atoms with E-state index in [1.165, 1.54) is 25.0 Å². The molecule has 4 heteroatoms. The highest BCUT2D eigenvalue weighted by Crippen LogP contribution is 2.38. The van der Waals surface area contributed by atoms with E-state index in [-0.39, 0.29) is 5.82 Å². The monoisotopic (exact) mass is 314 g/mol. The zero-order valence-electron chi connectivity index (χ0n) is 13.0. The molecule has 0 heterocycles. The molecule has 3 nitrogen and oxygen atoms in total. The Kier molecular flexibility index (Phi) is 4.60. The first-order chi connectivity index (χ1) is 11.2. The van der Waals surface area contributed by atoms with Gasteiger partial charge in [-0.05, 0) is 49.9 Å². The summed E-state index contributed by atoms with van der Waals surface area (Å²) in [5.41, 5.74) is 2.11. The maximum Gasteiger partial charge on any atom is 0.150 e. The zero-order chi connectivity index (χ0) is 16.2. The molecular weight excluding hydrogens is 295 g/mol. The Hall–Kier alpha value is -2.36. The molecule has 0 atom stereocenters. The van der Waals surface area contributed by atoms with E-state index in [2.05, 4.69) is 0 Å². The van der Waals surface area contributed by atoms with Gasteiger partial charge in [0, 0.05) is 22.8 Å². The van der Waals surface area contributed by atoms with Crippen LogP contribution in [0.15, 0.2) is 36.4 Å². The number of benzene rings is 2. The lowest BCUT2D eigenvalue weighted by molar-refractivity contribution is 0.112. The van der Waals surface area contributed by atoms with Gasteiger partial charge in [0.25, 0.3) is 0 Å². The Morgan fingerprint density at radius 3 is 2.43 bits per heavy atom. The minimum Gasteiger partial charge on any atom is -0.493 e. The van der Waals surface area contributed by atoms with Crippen molar-refractivity contribution in [2.75, 3.05) is 13.2 Å². The van der Waals surface area contributed by atoms with Crippen LogP contribution in [0.3, 0.4) is 0 Å². The Labute approximate surface area is 135 Å². The lowest BCUT2D eigenvalue weighted by atomic mass is 10.0. The molecule has 3 rings (SSSR count). The fourth-order valence-corrected chi connectivity index (χ4v) is 2.44. The van der Waals surface area contributed by atoms with Crippen LogP contribution >= 0.6 is 0 Å². The fraction of sp³-hybridized carbons (Fsp3) is 0.316. The third-order valence-electron chi connectivity index (χ3n) is 3.85. The topological polar surface area (TPSA) is 35.5 Å². The molecule has 0 radical (unpaired) electrons. The maximum absolute atomic E-state index is 13.6. The number of ether oxygens (including phenoxy) is 2. The molecule has 0 unspecified atom stereocenters. The molecule has 1 fully saturated rings. The standard InChI is InChI=1S/C19H19FO3/c1-2-22-18-9-14(11-21)5-7-16(18)17-8-6-15(20)10-19(17)23-12-13-3-4-13/h5-11,13H,2-4,12H2,1H3. The molecule has 2 aromatic rings. The molecule has 0 spiro atoms. The minimum absolute atomic E-state index is 0.331. The van der Waals surface area contributed by atoms with Crippen LogP contribution in [0.4, 0.5) is 4.39 Å². The highest BCUT2D eigenvalue weighted by molar-refractivity contribution is 5.82. The maximum atomic E-state index is 13.6. The number of hydrogen-bond acceptors (Lipinski definition) is 3. The van der Waals surface area contributed by atoms with Crippen LogP contribution in [0.2, 0.25) is 0 Å². The molecule has 0 amide bonds. The highest BCUT2D eigenvalue weighted by Gasteiger charge is 2.23. The first-order valence-corrected chi connectivity index (χ1v) is 7.86. The predicted molar refractivity (Wildman–Crippen MR) is 86.6 cm³/mol. The second-order valence-electron chi connectivity index (χ2n) is 5.70. The van der Waals surface area contributed by atoms with Gasteiger partial charge in [0.1, 0.15) is 23.6 Å². The number of hydrogen-bond donors (Lipinski definition) is 0. The molecule has 1 saturated carbocycles. The van der Waals surface area contributed by atoms with E-state index in [0.29, 0.717) is 36.2 Å². The van der Waals surface area contributed by atoms with Gasteiger partial charge in [-0.1, -0.05) is 6.07 Å². The summed E-state index contributed by atoms with van der Waals surface area (Å²) in [4.78, 5) is 11.0. The Morgan fingerprint density at radius 2 is 1.78 bits per heavy atom. The smallest absolute Gasteiger partial charge is 0.150 e. The number of carbonyl (C=O) groups is 1. The van der Waals surface area contributed by atoms with Gasteiger partial charge in [-0.25, -0.2) is 4.39 Å². The summed E-state index contributed by atoms with van der Waals surface area (Å²) in [6, 6.07) is 9.73. The molecule has 23 heavy (non-hydrogen) atoms. The van der Waals surface area contributed by atoms with Gasteiger partial charge in [-0.15, -0.1) is 0 Å². The number of rotatable bonds is 7. The van der Waals surface area contributed by atoms with Gasteiger partial charge in [0.2, 0.25) is 0 Å². The third-order valence-corrected chi connectivity index (χ3v) is 3.85. The summed E-state index contributed by atoms with van der Waals surface area (Å²) in [7, 11) is 0. The van der Waals surface area contributed by atoms with E-state index in [1.807, 2.05) is 13.0 Å². The van der Waals surface area contributed by atoms with Crippen LogP contribution in [0, 0.1) is 11.7 Å². The SMILES string of the molecule is CCOc1cc(C=O)ccc1-c1ccc(F)cc1OCC1CC1. The van der Waals surface area contributed by atoms with E-state index >= 15 is 0 Å². The van der Waals surface area contributed by atoms with Gasteiger partial charge in [-0.3, -0.25) is 4.79 Å². The van der Waals surface area contributed by atoms with Gasteiger partial charge < -0.3 is 9.47 Å². The first-order valence-electron chi connectivity index (χ1n) is 7.86. The van der Waals surface area contributed by atoms with Crippen LogP contribution in [0.25, 0.3) is 11.1 Å². The number of halogens is 1. The molecule has 0 N–H and O–H groups in total. The second kappa shape index (κ2) is 6.82. The summed E-state index contributed by atoms with van der Waals surface area (Å²) < 4.78 is 25.1. The fourth-order valence-electron chi connectivity index (χ4n) is 2.44. The van der Waals surface area contributed by atoms with Crippen molar-refractivity contribution in [2.24, 2.45) is 5.92 Å². The Bertz CT molecular complexity index is 708. The summed E-state index contributed by atoms with van der Waals surface area (Å²) >= 11 is 0. The van der Waals surface area contributed by atoms with Gasteiger partial charge in [0.15, 0.2) is 0 Å². The molecule has 2 aromatic carbocycles. The van der Waals surface area contributed by atoms with Crippen LogP contribution in [-0.4, -0.2) is 19.5 Å². The van der Waals surface area contributed by atoms with Crippen molar-refractivity contribution in [3.8, 4) is 22.6 Å². The van der Waals surface area contributed by atoms with Crippen molar-refractivity contribution in [1.82, 2.24) is 0 Å².